The van der Waals surface area contributed by atoms with E-state index < -0.39 is 0 Å². The molecule has 13 heavy (non-hydrogen) atoms. The van der Waals surface area contributed by atoms with Crippen LogP contribution < -0.4 is 0 Å². The lowest BCUT2D eigenvalue weighted by atomic mass is 10.1. The maximum Gasteiger partial charge on any atom is 0.222 e. The summed E-state index contributed by atoms with van der Waals surface area (Å²) < 4.78 is 5.64. The Morgan fingerprint density at radius 2 is 2.15 bits per heavy atom. The molecule has 2 aliphatic carbocycles. The molecule has 3 nitrogen and oxygen atoms in total. The Hall–Kier alpha value is -0.860. The van der Waals surface area contributed by atoms with Crippen LogP contribution >= 0.6 is 0 Å². The Bertz CT molecular complexity index is 323. The Morgan fingerprint density at radius 1 is 1.38 bits per heavy atom. The number of hydrogen-bond donors (Lipinski definition) is 0. The van der Waals surface area contributed by atoms with E-state index in [1.165, 1.54) is 25.7 Å². The fourth-order valence-electron chi connectivity index (χ4n) is 1.55. The molecular formula is C10H14N2O. The van der Waals surface area contributed by atoms with Gasteiger partial charge in [0.15, 0.2) is 0 Å². The fraction of sp³-hybridized carbons (Fsp3) is 0.800. The molecular weight excluding hydrogens is 164 g/mol. The van der Waals surface area contributed by atoms with E-state index in [0.29, 0.717) is 0 Å². The average molecular weight is 178 g/mol. The van der Waals surface area contributed by atoms with Crippen LogP contribution in [0.5, 0.6) is 0 Å². The van der Waals surface area contributed by atoms with Crippen molar-refractivity contribution in [3.63, 3.8) is 0 Å². The van der Waals surface area contributed by atoms with Gasteiger partial charge in [-0.05, 0) is 31.6 Å². The second-order valence-electron chi connectivity index (χ2n) is 4.71. The van der Waals surface area contributed by atoms with Gasteiger partial charge in [-0.15, -0.1) is 10.2 Å². The first-order valence-corrected chi connectivity index (χ1v) is 5.09. The van der Waals surface area contributed by atoms with E-state index in [1.54, 1.807) is 0 Å². The van der Waals surface area contributed by atoms with Crippen molar-refractivity contribution in [2.45, 2.75) is 44.4 Å². The van der Waals surface area contributed by atoms with Gasteiger partial charge in [-0.1, -0.05) is 6.92 Å². The summed E-state index contributed by atoms with van der Waals surface area (Å²) in [6.07, 6.45) is 6.10. The van der Waals surface area contributed by atoms with Gasteiger partial charge in [-0.3, -0.25) is 0 Å². The molecule has 3 heteroatoms. The zero-order chi connectivity index (χ0) is 8.89. The zero-order valence-electron chi connectivity index (χ0n) is 7.92. The summed E-state index contributed by atoms with van der Waals surface area (Å²) >= 11 is 0. The minimum atomic E-state index is 0.231. The summed E-state index contributed by atoms with van der Waals surface area (Å²) in [6, 6.07) is 0. The van der Waals surface area contributed by atoms with Crippen molar-refractivity contribution in [3.8, 4) is 0 Å². The molecule has 0 spiro atoms. The van der Waals surface area contributed by atoms with E-state index in [4.69, 9.17) is 4.42 Å². The predicted molar refractivity (Wildman–Crippen MR) is 47.3 cm³/mol. The Labute approximate surface area is 77.5 Å². The molecule has 0 bridgehead atoms. The van der Waals surface area contributed by atoms with Crippen molar-refractivity contribution in [3.05, 3.63) is 11.8 Å². The highest BCUT2D eigenvalue weighted by molar-refractivity contribution is 5.11. The van der Waals surface area contributed by atoms with Crippen molar-refractivity contribution < 1.29 is 4.42 Å². The van der Waals surface area contributed by atoms with Gasteiger partial charge in [0.1, 0.15) is 0 Å². The lowest BCUT2D eigenvalue weighted by molar-refractivity contribution is 0.410. The first-order chi connectivity index (χ1) is 6.26. The van der Waals surface area contributed by atoms with E-state index in [0.717, 1.165) is 24.1 Å². The van der Waals surface area contributed by atoms with Crippen LogP contribution in [-0.4, -0.2) is 10.2 Å². The minimum Gasteiger partial charge on any atom is -0.425 e. The van der Waals surface area contributed by atoms with Gasteiger partial charge in [-0.25, -0.2) is 0 Å². The number of nitrogens with zero attached hydrogens (tertiary/aromatic N) is 2. The van der Waals surface area contributed by atoms with Crippen LogP contribution in [-0.2, 0) is 11.8 Å². The normalized spacial score (nSPS) is 24.7. The molecule has 0 unspecified atom stereocenters. The van der Waals surface area contributed by atoms with Gasteiger partial charge in [-0.2, -0.15) is 0 Å². The largest absolute Gasteiger partial charge is 0.425 e. The monoisotopic (exact) mass is 178 g/mol. The Kier molecular flexibility index (Phi) is 1.35. The topological polar surface area (TPSA) is 38.9 Å². The summed E-state index contributed by atoms with van der Waals surface area (Å²) in [7, 11) is 0. The average Bonchev–Trinajstić information content (AvgIpc) is 2.97. The van der Waals surface area contributed by atoms with Crippen molar-refractivity contribution >= 4 is 0 Å². The molecule has 0 aliphatic heterocycles. The molecule has 1 aromatic heterocycles. The van der Waals surface area contributed by atoms with Gasteiger partial charge >= 0.3 is 0 Å². The minimum absolute atomic E-state index is 0.231. The summed E-state index contributed by atoms with van der Waals surface area (Å²) in [5, 5.41) is 8.20. The first-order valence-electron chi connectivity index (χ1n) is 5.09. The smallest absolute Gasteiger partial charge is 0.222 e. The molecule has 0 N–H and O–H groups in total. The second-order valence-corrected chi connectivity index (χ2v) is 4.71. The SMILES string of the molecule is CC1(c2nnc(CC3CC3)o2)CC1. The molecule has 0 saturated heterocycles. The van der Waals surface area contributed by atoms with Crippen LogP contribution in [0.1, 0.15) is 44.4 Å². The van der Waals surface area contributed by atoms with E-state index in [1.807, 2.05) is 0 Å². The van der Waals surface area contributed by atoms with Gasteiger partial charge in [0, 0.05) is 11.8 Å². The Balaban J connectivity index is 1.76. The summed E-state index contributed by atoms with van der Waals surface area (Å²) in [6.45, 7) is 2.20. The third-order valence-corrected chi connectivity index (χ3v) is 3.14. The molecule has 70 valence electrons. The number of rotatable bonds is 3. The quantitative estimate of drug-likeness (QED) is 0.711. The highest BCUT2D eigenvalue weighted by Gasteiger charge is 2.44. The van der Waals surface area contributed by atoms with E-state index >= 15 is 0 Å². The van der Waals surface area contributed by atoms with Crippen molar-refractivity contribution in [1.82, 2.24) is 10.2 Å². The summed E-state index contributed by atoms with van der Waals surface area (Å²) in [5.41, 5.74) is 0.231. The van der Waals surface area contributed by atoms with Gasteiger partial charge in [0.25, 0.3) is 0 Å². The summed E-state index contributed by atoms with van der Waals surface area (Å²) in [4.78, 5) is 0. The molecule has 0 amide bonds. The lowest BCUT2D eigenvalue weighted by Gasteiger charge is -1.98. The van der Waals surface area contributed by atoms with Crippen LogP contribution in [0, 0.1) is 5.92 Å². The van der Waals surface area contributed by atoms with E-state index in [-0.39, 0.29) is 5.41 Å². The first kappa shape index (κ1) is 7.54. The second kappa shape index (κ2) is 2.34. The predicted octanol–water partition coefficient (Wildman–Crippen LogP) is 2.07. The molecule has 2 aliphatic rings. The molecule has 0 atom stereocenters. The molecule has 1 heterocycles. The number of aromatic nitrogens is 2. The lowest BCUT2D eigenvalue weighted by Crippen LogP contribution is -1.99. The zero-order valence-corrected chi connectivity index (χ0v) is 7.92. The maximum atomic E-state index is 5.64. The molecule has 0 aromatic carbocycles. The maximum absolute atomic E-state index is 5.64. The number of hydrogen-bond acceptors (Lipinski definition) is 3. The van der Waals surface area contributed by atoms with Crippen molar-refractivity contribution in [1.29, 1.82) is 0 Å². The summed E-state index contributed by atoms with van der Waals surface area (Å²) in [5.74, 6) is 2.55. The van der Waals surface area contributed by atoms with Crippen LogP contribution in [0.25, 0.3) is 0 Å². The van der Waals surface area contributed by atoms with E-state index in [2.05, 4.69) is 17.1 Å². The van der Waals surface area contributed by atoms with Gasteiger partial charge in [0.2, 0.25) is 11.8 Å². The van der Waals surface area contributed by atoms with Crippen molar-refractivity contribution in [2.75, 3.05) is 0 Å². The van der Waals surface area contributed by atoms with Crippen LogP contribution in [0.2, 0.25) is 0 Å². The molecule has 0 radical (unpaired) electrons. The molecule has 1 aromatic rings. The third kappa shape index (κ3) is 1.36. The van der Waals surface area contributed by atoms with Crippen LogP contribution in [0.15, 0.2) is 4.42 Å². The fourth-order valence-corrected chi connectivity index (χ4v) is 1.55. The van der Waals surface area contributed by atoms with Crippen LogP contribution in [0.4, 0.5) is 0 Å². The standard InChI is InChI=1S/C10H14N2O/c1-10(4-5-10)9-12-11-8(13-9)6-7-2-3-7/h7H,2-6H2,1H3. The van der Waals surface area contributed by atoms with E-state index in [9.17, 15) is 0 Å². The van der Waals surface area contributed by atoms with Gasteiger partial charge in [0.05, 0.1) is 0 Å². The molecule has 2 fully saturated rings. The Morgan fingerprint density at radius 3 is 2.77 bits per heavy atom. The highest BCUT2D eigenvalue weighted by Crippen LogP contribution is 2.47. The third-order valence-electron chi connectivity index (χ3n) is 3.14. The molecule has 2 saturated carbocycles. The molecule has 3 rings (SSSR count). The van der Waals surface area contributed by atoms with Crippen molar-refractivity contribution in [2.24, 2.45) is 5.92 Å². The van der Waals surface area contributed by atoms with Crippen LogP contribution in [0.3, 0.4) is 0 Å². The van der Waals surface area contributed by atoms with Gasteiger partial charge < -0.3 is 4.42 Å². The highest BCUT2D eigenvalue weighted by atomic mass is 16.4.